The number of hydrogen-bond acceptors (Lipinski definition) is 7. The standard InChI is InChI=1S/C22H27N5O4/c1-22(2,3)31-21(30)27-9-14(8-15(27)11-28)26-10-17(13-4-6-16(29)7-5-13)18-19(23)24-12-25-20(18)26/h4-7,10,12,14-15,28-29H,8-9,11H2,1-3H3,(H2,23,24,25)/t14-,15-/m0/s1. The van der Waals surface area contributed by atoms with Gasteiger partial charge in [0.15, 0.2) is 0 Å². The number of aliphatic hydroxyl groups excluding tert-OH is 1. The quantitative estimate of drug-likeness (QED) is 0.589. The van der Waals surface area contributed by atoms with E-state index in [2.05, 4.69) is 9.97 Å². The van der Waals surface area contributed by atoms with Gasteiger partial charge in [-0.1, -0.05) is 12.1 Å². The molecule has 1 amide bonds. The third kappa shape index (κ3) is 4.00. The lowest BCUT2D eigenvalue weighted by atomic mass is 10.1. The average molecular weight is 425 g/mol. The summed E-state index contributed by atoms with van der Waals surface area (Å²) < 4.78 is 7.52. The molecule has 0 unspecified atom stereocenters. The minimum atomic E-state index is -0.622. The molecule has 9 nitrogen and oxygen atoms in total. The zero-order valence-corrected chi connectivity index (χ0v) is 17.8. The molecule has 1 saturated heterocycles. The first kappa shape index (κ1) is 20.9. The van der Waals surface area contributed by atoms with Crippen molar-refractivity contribution in [2.75, 3.05) is 18.9 Å². The number of phenols is 1. The van der Waals surface area contributed by atoms with Gasteiger partial charge in [-0.25, -0.2) is 14.8 Å². The summed E-state index contributed by atoms with van der Waals surface area (Å²) in [6.45, 7) is 5.67. The van der Waals surface area contributed by atoms with E-state index in [4.69, 9.17) is 10.5 Å². The number of aliphatic hydroxyl groups is 1. The molecule has 1 fully saturated rings. The molecule has 0 radical (unpaired) electrons. The fourth-order valence-corrected chi connectivity index (χ4v) is 4.06. The number of carbonyl (C=O) groups is 1. The molecule has 0 bridgehead atoms. The molecule has 3 heterocycles. The molecular weight excluding hydrogens is 398 g/mol. The first-order chi connectivity index (χ1) is 14.7. The predicted octanol–water partition coefficient (Wildman–Crippen LogP) is 2.93. The fourth-order valence-electron chi connectivity index (χ4n) is 4.06. The Kier molecular flexibility index (Phi) is 5.22. The Balaban J connectivity index is 1.74. The summed E-state index contributed by atoms with van der Waals surface area (Å²) >= 11 is 0. The molecule has 0 saturated carbocycles. The van der Waals surface area contributed by atoms with Crippen molar-refractivity contribution >= 4 is 22.9 Å². The fraction of sp³-hybridized carbons (Fsp3) is 0.409. The number of nitrogens with two attached hydrogens (primary N) is 1. The molecule has 1 aromatic carbocycles. The van der Waals surface area contributed by atoms with Crippen LogP contribution in [0.25, 0.3) is 22.2 Å². The Morgan fingerprint density at radius 2 is 1.97 bits per heavy atom. The predicted molar refractivity (Wildman–Crippen MR) is 117 cm³/mol. The summed E-state index contributed by atoms with van der Waals surface area (Å²) in [7, 11) is 0. The number of nitrogens with zero attached hydrogens (tertiary/aromatic N) is 4. The normalized spacial score (nSPS) is 19.2. The van der Waals surface area contributed by atoms with Crippen LogP contribution >= 0.6 is 0 Å². The number of phenolic OH excluding ortho intramolecular Hbond substituents is 1. The number of likely N-dealkylation sites (tertiary alicyclic amines) is 1. The van der Waals surface area contributed by atoms with Gasteiger partial charge in [0.1, 0.15) is 29.1 Å². The summed E-state index contributed by atoms with van der Waals surface area (Å²) in [4.78, 5) is 22.9. The number of nitrogen functional groups attached to an aromatic ring is 1. The van der Waals surface area contributed by atoms with Crippen LogP contribution in [0.1, 0.15) is 33.2 Å². The number of benzene rings is 1. The second kappa shape index (κ2) is 7.73. The van der Waals surface area contributed by atoms with Crippen LogP contribution in [0.4, 0.5) is 10.6 Å². The van der Waals surface area contributed by atoms with Crippen molar-refractivity contribution in [3.63, 3.8) is 0 Å². The van der Waals surface area contributed by atoms with E-state index >= 15 is 0 Å². The van der Waals surface area contributed by atoms with Crippen molar-refractivity contribution in [1.82, 2.24) is 19.4 Å². The van der Waals surface area contributed by atoms with Gasteiger partial charge >= 0.3 is 6.09 Å². The first-order valence-corrected chi connectivity index (χ1v) is 10.2. The monoisotopic (exact) mass is 425 g/mol. The molecule has 31 heavy (non-hydrogen) atoms. The van der Waals surface area contributed by atoms with Crippen LogP contribution in [-0.4, -0.2) is 60.5 Å². The SMILES string of the molecule is CC(C)(C)OC(=O)N1C[C@@H](n2cc(-c3ccc(O)cc3)c3c(N)ncnc32)C[C@H]1CO. The van der Waals surface area contributed by atoms with E-state index in [-0.39, 0.29) is 24.4 Å². The van der Waals surface area contributed by atoms with Crippen LogP contribution in [0.3, 0.4) is 0 Å². The summed E-state index contributed by atoms with van der Waals surface area (Å²) in [5.41, 5.74) is 7.93. The highest BCUT2D eigenvalue weighted by molar-refractivity contribution is 6.00. The summed E-state index contributed by atoms with van der Waals surface area (Å²) in [5, 5.41) is 20.2. The number of rotatable bonds is 3. The maximum absolute atomic E-state index is 12.7. The molecule has 0 spiro atoms. The third-order valence-corrected chi connectivity index (χ3v) is 5.44. The van der Waals surface area contributed by atoms with E-state index in [0.717, 1.165) is 11.1 Å². The van der Waals surface area contributed by atoms with Crippen LogP contribution in [-0.2, 0) is 4.74 Å². The third-order valence-electron chi connectivity index (χ3n) is 5.44. The van der Waals surface area contributed by atoms with E-state index in [9.17, 15) is 15.0 Å². The first-order valence-electron chi connectivity index (χ1n) is 10.2. The molecule has 4 N–H and O–H groups in total. The van der Waals surface area contributed by atoms with Gasteiger partial charge in [0, 0.05) is 18.3 Å². The topological polar surface area (TPSA) is 127 Å². The van der Waals surface area contributed by atoms with E-state index in [1.54, 1.807) is 29.2 Å². The minimum absolute atomic E-state index is 0.118. The highest BCUT2D eigenvalue weighted by Gasteiger charge is 2.38. The zero-order valence-electron chi connectivity index (χ0n) is 17.8. The largest absolute Gasteiger partial charge is 0.508 e. The molecule has 3 aromatic rings. The number of carbonyl (C=O) groups excluding carboxylic acids is 1. The molecule has 9 heteroatoms. The van der Waals surface area contributed by atoms with Crippen LogP contribution in [0, 0.1) is 0 Å². The van der Waals surface area contributed by atoms with Gasteiger partial charge in [0.2, 0.25) is 0 Å². The van der Waals surface area contributed by atoms with Crippen molar-refractivity contribution < 1.29 is 19.7 Å². The number of hydrogen-bond donors (Lipinski definition) is 3. The minimum Gasteiger partial charge on any atom is -0.508 e. The van der Waals surface area contributed by atoms with Crippen LogP contribution in [0.15, 0.2) is 36.8 Å². The van der Waals surface area contributed by atoms with Crippen molar-refractivity contribution in [2.45, 2.75) is 44.9 Å². The van der Waals surface area contributed by atoms with Crippen LogP contribution < -0.4 is 5.73 Å². The Hall–Kier alpha value is -3.33. The summed E-state index contributed by atoms with van der Waals surface area (Å²) in [6.07, 6.45) is 3.47. The number of aromatic hydroxyl groups is 1. The van der Waals surface area contributed by atoms with Crippen LogP contribution in [0.5, 0.6) is 5.75 Å². The van der Waals surface area contributed by atoms with E-state index < -0.39 is 11.7 Å². The van der Waals surface area contributed by atoms with Gasteiger partial charge in [-0.2, -0.15) is 0 Å². The van der Waals surface area contributed by atoms with E-state index in [1.165, 1.54) is 6.33 Å². The summed E-state index contributed by atoms with van der Waals surface area (Å²) in [6, 6.07) is 6.36. The number of aromatic nitrogens is 3. The lowest BCUT2D eigenvalue weighted by Gasteiger charge is -2.27. The maximum Gasteiger partial charge on any atom is 0.410 e. The van der Waals surface area contributed by atoms with Crippen molar-refractivity contribution in [1.29, 1.82) is 0 Å². The lowest BCUT2D eigenvalue weighted by Crippen LogP contribution is -2.41. The van der Waals surface area contributed by atoms with E-state index in [1.807, 2.05) is 31.5 Å². The maximum atomic E-state index is 12.7. The second-order valence-corrected chi connectivity index (χ2v) is 8.81. The van der Waals surface area contributed by atoms with Gasteiger partial charge in [-0.15, -0.1) is 0 Å². The molecule has 1 aliphatic heterocycles. The molecule has 2 atom stereocenters. The molecular formula is C22H27N5O4. The van der Waals surface area contributed by atoms with Crippen LogP contribution in [0.2, 0.25) is 0 Å². The lowest BCUT2D eigenvalue weighted by molar-refractivity contribution is 0.0173. The van der Waals surface area contributed by atoms with Gasteiger partial charge < -0.3 is 30.2 Å². The highest BCUT2D eigenvalue weighted by Crippen LogP contribution is 2.38. The highest BCUT2D eigenvalue weighted by atomic mass is 16.6. The molecule has 164 valence electrons. The van der Waals surface area contributed by atoms with Gasteiger partial charge in [0.25, 0.3) is 0 Å². The van der Waals surface area contributed by atoms with Gasteiger partial charge in [-0.05, 0) is 44.9 Å². The average Bonchev–Trinajstić information content (AvgIpc) is 3.30. The van der Waals surface area contributed by atoms with E-state index in [0.29, 0.717) is 29.8 Å². The number of fused-ring (bicyclic) bond motifs is 1. The smallest absolute Gasteiger partial charge is 0.410 e. The number of amides is 1. The summed E-state index contributed by atoms with van der Waals surface area (Å²) in [5.74, 6) is 0.527. The van der Waals surface area contributed by atoms with Crippen molar-refractivity contribution in [2.24, 2.45) is 0 Å². The Morgan fingerprint density at radius 3 is 2.61 bits per heavy atom. The molecule has 0 aliphatic carbocycles. The Bertz CT molecular complexity index is 1100. The zero-order chi connectivity index (χ0) is 22.3. The van der Waals surface area contributed by atoms with Gasteiger partial charge in [0.05, 0.1) is 24.1 Å². The molecule has 1 aliphatic rings. The number of ether oxygens (including phenoxy) is 1. The number of anilines is 1. The second-order valence-electron chi connectivity index (χ2n) is 8.81. The molecule has 4 rings (SSSR count). The molecule has 2 aromatic heterocycles. The van der Waals surface area contributed by atoms with Crippen molar-refractivity contribution in [3.05, 3.63) is 36.8 Å². The van der Waals surface area contributed by atoms with Gasteiger partial charge in [-0.3, -0.25) is 0 Å². The van der Waals surface area contributed by atoms with Crippen molar-refractivity contribution in [3.8, 4) is 16.9 Å². The Morgan fingerprint density at radius 1 is 1.26 bits per heavy atom. The Labute approximate surface area is 180 Å².